The van der Waals surface area contributed by atoms with Crippen molar-refractivity contribution in [3.05, 3.63) is 64.1 Å². The average molecular weight is 382 g/mol. The third kappa shape index (κ3) is 3.90. The summed E-state index contributed by atoms with van der Waals surface area (Å²) >= 11 is 0. The van der Waals surface area contributed by atoms with Gasteiger partial charge in [0.15, 0.2) is 11.9 Å². The number of ether oxygens (including phenoxy) is 2. The molecule has 3 rings (SSSR count). The molecule has 7 nitrogen and oxygen atoms in total. The molecule has 0 unspecified atom stereocenters. The molecule has 1 aromatic carbocycles. The van der Waals surface area contributed by atoms with E-state index in [1.165, 1.54) is 25.3 Å². The van der Waals surface area contributed by atoms with Crippen molar-refractivity contribution in [1.82, 2.24) is 19.9 Å². The molecule has 0 aliphatic carbocycles. The third-order valence-electron chi connectivity index (χ3n) is 5.04. The van der Waals surface area contributed by atoms with Crippen LogP contribution < -0.4 is 5.32 Å². The summed E-state index contributed by atoms with van der Waals surface area (Å²) < 4.78 is 11.9. The Kier molecular flexibility index (Phi) is 6.06. The first kappa shape index (κ1) is 20.0. The maximum absolute atomic E-state index is 12.6. The van der Waals surface area contributed by atoms with E-state index in [1.807, 2.05) is 26.0 Å². The number of hydrogen-bond acceptors (Lipinski definition) is 5. The van der Waals surface area contributed by atoms with Crippen LogP contribution in [0.25, 0.3) is 5.65 Å². The monoisotopic (exact) mass is 382 g/mol. The molecule has 7 heteroatoms. The van der Waals surface area contributed by atoms with Gasteiger partial charge in [-0.1, -0.05) is 24.3 Å². The second-order valence-corrected chi connectivity index (χ2v) is 6.77. The Balaban J connectivity index is 1.91. The van der Waals surface area contributed by atoms with E-state index in [-0.39, 0.29) is 12.5 Å². The van der Waals surface area contributed by atoms with Crippen LogP contribution in [0.2, 0.25) is 0 Å². The number of aromatic nitrogens is 3. The minimum absolute atomic E-state index is 0.243. The van der Waals surface area contributed by atoms with E-state index >= 15 is 0 Å². The smallest absolute Gasteiger partial charge is 0.256 e. The minimum Gasteiger partial charge on any atom is -0.354 e. The fourth-order valence-corrected chi connectivity index (χ4v) is 3.26. The largest absolute Gasteiger partial charge is 0.354 e. The van der Waals surface area contributed by atoms with Crippen molar-refractivity contribution in [1.29, 1.82) is 0 Å². The zero-order valence-corrected chi connectivity index (χ0v) is 16.9. The molecule has 0 fully saturated rings. The van der Waals surface area contributed by atoms with Gasteiger partial charge in [-0.2, -0.15) is 5.10 Å². The zero-order valence-electron chi connectivity index (χ0n) is 16.9. The molecule has 3 aromatic rings. The molecule has 0 aliphatic heterocycles. The lowest BCUT2D eigenvalue weighted by Crippen LogP contribution is -2.34. The van der Waals surface area contributed by atoms with Crippen LogP contribution in [-0.4, -0.2) is 47.6 Å². The fraction of sp³-hybridized carbons (Fsp3) is 0.381. The molecule has 0 saturated heterocycles. The van der Waals surface area contributed by atoms with Crippen molar-refractivity contribution in [2.24, 2.45) is 0 Å². The number of hydrogen-bond donors (Lipinski definition) is 1. The van der Waals surface area contributed by atoms with Crippen LogP contribution in [-0.2, 0) is 15.9 Å². The van der Waals surface area contributed by atoms with Gasteiger partial charge in [0.2, 0.25) is 0 Å². The molecular formula is C21H26N4O3. The number of carbonyl (C=O) groups excluding carboxylic acids is 1. The van der Waals surface area contributed by atoms with Crippen molar-refractivity contribution < 1.29 is 14.3 Å². The quantitative estimate of drug-likeness (QED) is 0.636. The number of aryl methyl sites for hydroxylation is 3. The van der Waals surface area contributed by atoms with E-state index in [4.69, 9.17) is 9.47 Å². The molecule has 1 amide bonds. The predicted octanol–water partition coefficient (Wildman–Crippen LogP) is 2.59. The Hall–Kier alpha value is -2.77. The van der Waals surface area contributed by atoms with Gasteiger partial charge in [-0.15, -0.1) is 0 Å². The summed E-state index contributed by atoms with van der Waals surface area (Å²) in [6.45, 7) is 6.33. The highest BCUT2D eigenvalue weighted by Gasteiger charge is 2.19. The van der Waals surface area contributed by atoms with Crippen molar-refractivity contribution in [3.63, 3.8) is 0 Å². The number of carbonyl (C=O) groups is 1. The van der Waals surface area contributed by atoms with Crippen LogP contribution in [0.4, 0.5) is 0 Å². The highest BCUT2D eigenvalue weighted by atomic mass is 16.7. The number of rotatable bonds is 7. The lowest BCUT2D eigenvalue weighted by molar-refractivity contribution is -0.0974. The van der Waals surface area contributed by atoms with E-state index in [2.05, 4.69) is 34.5 Å². The van der Waals surface area contributed by atoms with Crippen LogP contribution in [0.1, 0.15) is 38.4 Å². The van der Waals surface area contributed by atoms with Crippen molar-refractivity contribution in [2.45, 2.75) is 33.5 Å². The highest BCUT2D eigenvalue weighted by molar-refractivity contribution is 5.99. The maximum atomic E-state index is 12.6. The fourth-order valence-electron chi connectivity index (χ4n) is 3.26. The van der Waals surface area contributed by atoms with E-state index in [0.29, 0.717) is 11.2 Å². The molecule has 2 heterocycles. The first-order valence-electron chi connectivity index (χ1n) is 9.18. The molecule has 1 N–H and O–H groups in total. The Morgan fingerprint density at radius 2 is 1.89 bits per heavy atom. The Morgan fingerprint density at radius 1 is 1.18 bits per heavy atom. The molecule has 28 heavy (non-hydrogen) atoms. The summed E-state index contributed by atoms with van der Waals surface area (Å²) in [5, 5.41) is 7.20. The second-order valence-electron chi connectivity index (χ2n) is 6.77. The summed E-state index contributed by atoms with van der Waals surface area (Å²) in [7, 11) is 3.06. The van der Waals surface area contributed by atoms with Gasteiger partial charge in [0.25, 0.3) is 5.91 Å². The van der Waals surface area contributed by atoms with Crippen molar-refractivity contribution in [2.75, 3.05) is 20.8 Å². The van der Waals surface area contributed by atoms with E-state index < -0.39 is 6.29 Å². The molecule has 0 bridgehead atoms. The van der Waals surface area contributed by atoms with Crippen LogP contribution in [0.15, 0.2) is 30.5 Å². The van der Waals surface area contributed by atoms with E-state index in [1.54, 1.807) is 10.7 Å². The summed E-state index contributed by atoms with van der Waals surface area (Å²) in [6, 6.07) is 8.32. The molecule has 0 saturated carbocycles. The average Bonchev–Trinajstić information content (AvgIpc) is 3.11. The van der Waals surface area contributed by atoms with E-state index in [0.717, 1.165) is 23.4 Å². The van der Waals surface area contributed by atoms with Gasteiger partial charge in [0, 0.05) is 32.0 Å². The number of fused-ring (bicyclic) bond motifs is 1. The molecule has 0 spiro atoms. The Labute approximate surface area is 164 Å². The standard InChI is InChI=1S/C21H26N4O3/c1-13-8-6-7-9-16(13)10-17-14(2)24-20-18(11-23-25(20)15(17)3)21(26)22-12-19(27-4)28-5/h6-9,11,19H,10,12H2,1-5H3,(H,22,26). The lowest BCUT2D eigenvalue weighted by atomic mass is 9.99. The number of amides is 1. The SMILES string of the molecule is COC(CNC(=O)c1cnn2c(C)c(Cc3ccccc3C)c(C)nc12)OC. The van der Waals surface area contributed by atoms with Crippen LogP contribution in [0, 0.1) is 20.8 Å². The zero-order chi connectivity index (χ0) is 20.3. The van der Waals surface area contributed by atoms with Gasteiger partial charge in [-0.25, -0.2) is 9.50 Å². The van der Waals surface area contributed by atoms with Gasteiger partial charge in [-0.05, 0) is 37.5 Å². The van der Waals surface area contributed by atoms with Gasteiger partial charge in [0.1, 0.15) is 5.56 Å². The molecule has 0 radical (unpaired) electrons. The van der Waals surface area contributed by atoms with Crippen molar-refractivity contribution >= 4 is 11.6 Å². The summed E-state index contributed by atoms with van der Waals surface area (Å²) in [5.41, 5.74) is 6.48. The molecular weight excluding hydrogens is 356 g/mol. The van der Waals surface area contributed by atoms with Gasteiger partial charge in [-0.3, -0.25) is 4.79 Å². The Bertz CT molecular complexity index is 993. The summed E-state index contributed by atoms with van der Waals surface area (Å²) in [4.78, 5) is 17.3. The van der Waals surface area contributed by atoms with Crippen molar-refractivity contribution in [3.8, 4) is 0 Å². The number of methoxy groups -OCH3 is 2. The second kappa shape index (κ2) is 8.50. The number of nitrogens with one attached hydrogen (secondary N) is 1. The lowest BCUT2D eigenvalue weighted by Gasteiger charge is -2.14. The first-order valence-corrected chi connectivity index (χ1v) is 9.18. The molecule has 0 atom stereocenters. The van der Waals surface area contributed by atoms with Gasteiger partial charge < -0.3 is 14.8 Å². The van der Waals surface area contributed by atoms with Gasteiger partial charge in [0.05, 0.1) is 12.7 Å². The van der Waals surface area contributed by atoms with Crippen LogP contribution >= 0.6 is 0 Å². The topological polar surface area (TPSA) is 77.8 Å². The summed E-state index contributed by atoms with van der Waals surface area (Å²) in [5.74, 6) is -0.257. The normalized spacial score (nSPS) is 11.4. The van der Waals surface area contributed by atoms with Crippen LogP contribution in [0.3, 0.4) is 0 Å². The summed E-state index contributed by atoms with van der Waals surface area (Å²) in [6.07, 6.45) is 1.83. The minimum atomic E-state index is -0.497. The molecule has 2 aromatic heterocycles. The number of nitrogens with zero attached hydrogens (tertiary/aromatic N) is 3. The Morgan fingerprint density at radius 3 is 2.57 bits per heavy atom. The predicted molar refractivity (Wildman–Crippen MR) is 107 cm³/mol. The maximum Gasteiger partial charge on any atom is 0.256 e. The number of benzene rings is 1. The molecule has 0 aliphatic rings. The van der Waals surface area contributed by atoms with Gasteiger partial charge >= 0.3 is 0 Å². The highest BCUT2D eigenvalue weighted by Crippen LogP contribution is 2.21. The van der Waals surface area contributed by atoms with E-state index in [9.17, 15) is 4.79 Å². The van der Waals surface area contributed by atoms with Crippen LogP contribution in [0.5, 0.6) is 0 Å². The molecule has 148 valence electrons. The third-order valence-corrected chi connectivity index (χ3v) is 5.04. The first-order chi connectivity index (χ1) is 13.5.